The second kappa shape index (κ2) is 6.10. The van der Waals surface area contributed by atoms with Crippen molar-refractivity contribution in [2.45, 2.75) is 17.3 Å². The van der Waals surface area contributed by atoms with Crippen molar-refractivity contribution in [1.82, 2.24) is 20.2 Å². The van der Waals surface area contributed by atoms with Gasteiger partial charge in [-0.1, -0.05) is 23.4 Å². The molecule has 0 aliphatic rings. The Kier molecular flexibility index (Phi) is 4.46. The van der Waals surface area contributed by atoms with Gasteiger partial charge in [0.15, 0.2) is 0 Å². The van der Waals surface area contributed by atoms with Crippen LogP contribution in [0.25, 0.3) is 0 Å². The number of carbonyl (C=O) groups is 1. The van der Waals surface area contributed by atoms with Gasteiger partial charge in [0.1, 0.15) is 0 Å². The van der Waals surface area contributed by atoms with Crippen LogP contribution in [0.2, 0.25) is 5.02 Å². The number of rotatable bonds is 4. The summed E-state index contributed by atoms with van der Waals surface area (Å²) in [4.78, 5) is 12.1. The zero-order valence-corrected chi connectivity index (χ0v) is 12.4. The van der Waals surface area contributed by atoms with E-state index < -0.39 is 0 Å². The van der Waals surface area contributed by atoms with Crippen LogP contribution in [-0.2, 0) is 11.8 Å². The van der Waals surface area contributed by atoms with Crippen molar-refractivity contribution in [3.8, 4) is 0 Å². The maximum Gasteiger partial charge on any atom is 0.237 e. The largest absolute Gasteiger partial charge is 0.397 e. The number of nitrogen functional groups attached to an aromatic ring is 1. The molecule has 0 bridgehead atoms. The minimum atomic E-state index is -0.350. The summed E-state index contributed by atoms with van der Waals surface area (Å²) in [5, 5.41) is 14.5. The molecular formula is C11H13ClN6OS. The van der Waals surface area contributed by atoms with Gasteiger partial charge in [-0.3, -0.25) is 4.79 Å². The van der Waals surface area contributed by atoms with Gasteiger partial charge in [0.2, 0.25) is 11.1 Å². The van der Waals surface area contributed by atoms with E-state index in [1.165, 1.54) is 16.4 Å². The molecule has 2 rings (SSSR count). The number of hydrogen-bond acceptors (Lipinski definition) is 6. The van der Waals surface area contributed by atoms with Gasteiger partial charge in [0.05, 0.1) is 16.0 Å². The zero-order valence-electron chi connectivity index (χ0n) is 10.9. The summed E-state index contributed by atoms with van der Waals surface area (Å²) in [6.45, 7) is 1.77. The van der Waals surface area contributed by atoms with E-state index in [4.69, 9.17) is 17.3 Å². The van der Waals surface area contributed by atoms with Crippen LogP contribution in [0.3, 0.4) is 0 Å². The molecule has 1 heterocycles. The van der Waals surface area contributed by atoms with Crippen molar-refractivity contribution >= 4 is 40.6 Å². The molecule has 7 nitrogen and oxygen atoms in total. The van der Waals surface area contributed by atoms with Crippen molar-refractivity contribution in [2.24, 2.45) is 7.05 Å². The number of nitrogens with zero attached hydrogens (tertiary/aromatic N) is 4. The molecule has 1 aromatic carbocycles. The van der Waals surface area contributed by atoms with E-state index in [9.17, 15) is 4.79 Å². The molecule has 1 amide bonds. The summed E-state index contributed by atoms with van der Waals surface area (Å²) >= 11 is 7.09. The fourth-order valence-corrected chi connectivity index (χ4v) is 2.27. The van der Waals surface area contributed by atoms with Crippen LogP contribution in [0.5, 0.6) is 0 Å². The average molecular weight is 313 g/mol. The first kappa shape index (κ1) is 14.6. The maximum atomic E-state index is 12.1. The third-order valence-electron chi connectivity index (χ3n) is 2.50. The lowest BCUT2D eigenvalue weighted by Gasteiger charge is -2.11. The summed E-state index contributed by atoms with van der Waals surface area (Å²) < 4.78 is 1.51. The molecule has 9 heteroatoms. The van der Waals surface area contributed by atoms with Gasteiger partial charge in [0, 0.05) is 12.7 Å². The normalized spacial score (nSPS) is 12.2. The Hall–Kier alpha value is -1.80. The van der Waals surface area contributed by atoms with Crippen LogP contribution in [0.4, 0.5) is 11.4 Å². The summed E-state index contributed by atoms with van der Waals surface area (Å²) in [6.07, 6.45) is 0. The number of aromatic nitrogens is 4. The molecule has 0 radical (unpaired) electrons. The number of thioether (sulfide) groups is 1. The van der Waals surface area contributed by atoms with Crippen LogP contribution in [0.1, 0.15) is 6.92 Å². The van der Waals surface area contributed by atoms with Crippen LogP contribution in [0, 0.1) is 0 Å². The van der Waals surface area contributed by atoms with Crippen molar-refractivity contribution < 1.29 is 4.79 Å². The SMILES string of the molecule is CC(Sc1nnnn1C)C(=O)Nc1ccc(Cl)c(N)c1. The predicted molar refractivity (Wildman–Crippen MR) is 78.6 cm³/mol. The molecule has 2 aromatic rings. The van der Waals surface area contributed by atoms with E-state index >= 15 is 0 Å². The fourth-order valence-electron chi connectivity index (χ4n) is 1.40. The number of nitrogens with one attached hydrogen (secondary N) is 1. The molecule has 3 N–H and O–H groups in total. The van der Waals surface area contributed by atoms with Gasteiger partial charge < -0.3 is 11.1 Å². The summed E-state index contributed by atoms with van der Waals surface area (Å²) in [5.74, 6) is -0.167. The Morgan fingerprint density at radius 2 is 2.30 bits per heavy atom. The molecule has 0 spiro atoms. The Morgan fingerprint density at radius 1 is 1.55 bits per heavy atom. The molecule has 20 heavy (non-hydrogen) atoms. The molecule has 0 aliphatic carbocycles. The molecule has 0 aliphatic heterocycles. The standard InChI is InChI=1S/C11H13ClN6OS/c1-6(20-11-15-16-17-18(11)2)10(19)14-7-3-4-8(12)9(13)5-7/h3-6H,13H2,1-2H3,(H,14,19). The number of aryl methyl sites for hydroxylation is 1. The van der Waals surface area contributed by atoms with E-state index in [0.717, 1.165) is 0 Å². The maximum absolute atomic E-state index is 12.1. The number of benzene rings is 1. The number of anilines is 2. The Balaban J connectivity index is 2.00. The first-order valence-corrected chi connectivity index (χ1v) is 6.98. The van der Waals surface area contributed by atoms with Crippen LogP contribution in [0.15, 0.2) is 23.4 Å². The molecule has 1 aromatic heterocycles. The van der Waals surface area contributed by atoms with Gasteiger partial charge >= 0.3 is 0 Å². The van der Waals surface area contributed by atoms with E-state index in [1.54, 1.807) is 32.2 Å². The quantitative estimate of drug-likeness (QED) is 0.656. The highest BCUT2D eigenvalue weighted by molar-refractivity contribution is 8.00. The second-order valence-electron chi connectivity index (χ2n) is 4.07. The van der Waals surface area contributed by atoms with Crippen molar-refractivity contribution in [3.05, 3.63) is 23.2 Å². The number of hydrogen-bond donors (Lipinski definition) is 2. The number of amides is 1. The third kappa shape index (κ3) is 3.40. The topological polar surface area (TPSA) is 98.7 Å². The molecular weight excluding hydrogens is 300 g/mol. The highest BCUT2D eigenvalue weighted by atomic mass is 35.5. The van der Waals surface area contributed by atoms with Crippen molar-refractivity contribution in [1.29, 1.82) is 0 Å². The average Bonchev–Trinajstić information content (AvgIpc) is 2.79. The minimum Gasteiger partial charge on any atom is -0.397 e. The number of nitrogens with two attached hydrogens (primary N) is 1. The molecule has 106 valence electrons. The van der Waals surface area contributed by atoms with Gasteiger partial charge in [0.25, 0.3) is 0 Å². The predicted octanol–water partition coefficient (Wildman–Crippen LogP) is 1.56. The fraction of sp³-hybridized carbons (Fsp3) is 0.273. The zero-order chi connectivity index (χ0) is 14.7. The van der Waals surface area contributed by atoms with Gasteiger partial charge in [-0.05, 0) is 35.5 Å². The Labute approximate surface area is 124 Å². The third-order valence-corrected chi connectivity index (χ3v) is 3.96. The molecule has 0 saturated heterocycles. The Morgan fingerprint density at radius 3 is 2.90 bits per heavy atom. The van der Waals surface area contributed by atoms with Crippen LogP contribution >= 0.6 is 23.4 Å². The monoisotopic (exact) mass is 312 g/mol. The molecule has 0 saturated carbocycles. The summed E-state index contributed by atoms with van der Waals surface area (Å²) in [7, 11) is 1.72. The van der Waals surface area contributed by atoms with Gasteiger partial charge in [-0.15, -0.1) is 5.10 Å². The number of tetrazole rings is 1. The summed E-state index contributed by atoms with van der Waals surface area (Å²) in [5.41, 5.74) is 6.70. The van der Waals surface area contributed by atoms with Crippen molar-refractivity contribution in [2.75, 3.05) is 11.1 Å². The van der Waals surface area contributed by atoms with Gasteiger partial charge in [-0.25, -0.2) is 4.68 Å². The van der Waals surface area contributed by atoms with Crippen LogP contribution in [-0.4, -0.2) is 31.4 Å². The molecule has 1 atom stereocenters. The van der Waals surface area contributed by atoms with E-state index in [2.05, 4.69) is 20.8 Å². The lowest BCUT2D eigenvalue weighted by Crippen LogP contribution is -2.22. The van der Waals surface area contributed by atoms with Crippen molar-refractivity contribution in [3.63, 3.8) is 0 Å². The van der Waals surface area contributed by atoms with E-state index in [1.807, 2.05) is 0 Å². The second-order valence-corrected chi connectivity index (χ2v) is 5.79. The molecule has 0 fully saturated rings. The summed E-state index contributed by atoms with van der Waals surface area (Å²) in [6, 6.07) is 4.94. The number of halogens is 1. The first-order valence-electron chi connectivity index (χ1n) is 5.72. The van der Waals surface area contributed by atoms with Crippen LogP contribution < -0.4 is 11.1 Å². The smallest absolute Gasteiger partial charge is 0.237 e. The van der Waals surface area contributed by atoms with Gasteiger partial charge in [-0.2, -0.15) is 0 Å². The van der Waals surface area contributed by atoms with E-state index in [-0.39, 0.29) is 11.2 Å². The highest BCUT2D eigenvalue weighted by Crippen LogP contribution is 2.24. The first-order chi connectivity index (χ1) is 9.47. The lowest BCUT2D eigenvalue weighted by molar-refractivity contribution is -0.115. The minimum absolute atomic E-state index is 0.167. The highest BCUT2D eigenvalue weighted by Gasteiger charge is 2.17. The molecule has 1 unspecified atom stereocenters. The Bertz CT molecular complexity index is 631. The lowest BCUT2D eigenvalue weighted by atomic mass is 10.2. The number of carbonyl (C=O) groups excluding carboxylic acids is 1. The van der Waals surface area contributed by atoms with E-state index in [0.29, 0.717) is 21.6 Å².